The lowest BCUT2D eigenvalue weighted by atomic mass is 10.0. The first-order valence-corrected chi connectivity index (χ1v) is 7.27. The summed E-state index contributed by atoms with van der Waals surface area (Å²) < 4.78 is 2.81. The van der Waals surface area contributed by atoms with Gasteiger partial charge in [0.15, 0.2) is 0 Å². The zero-order valence-electron chi connectivity index (χ0n) is 11.5. The first-order valence-electron chi connectivity index (χ1n) is 6.47. The van der Waals surface area contributed by atoms with E-state index < -0.39 is 6.10 Å². The lowest BCUT2D eigenvalue weighted by molar-refractivity contribution is 0.175. The number of benzene rings is 1. The summed E-state index contributed by atoms with van der Waals surface area (Å²) in [5.41, 5.74) is 4.20. The summed E-state index contributed by atoms with van der Waals surface area (Å²) in [6, 6.07) is 8.14. The Bertz CT molecular complexity index is 560. The highest BCUT2D eigenvalue weighted by molar-refractivity contribution is 9.10. The van der Waals surface area contributed by atoms with Crippen molar-refractivity contribution in [3.05, 3.63) is 51.3 Å². The molecule has 1 aromatic heterocycles. The van der Waals surface area contributed by atoms with Crippen molar-refractivity contribution in [3.8, 4) is 0 Å². The molecule has 4 heteroatoms. The van der Waals surface area contributed by atoms with Crippen molar-refractivity contribution in [2.45, 2.75) is 32.8 Å². The quantitative estimate of drug-likeness (QED) is 0.937. The van der Waals surface area contributed by atoms with Crippen LogP contribution in [0.1, 0.15) is 35.5 Å². The molecule has 0 bridgehead atoms. The van der Waals surface area contributed by atoms with Gasteiger partial charge in [0.2, 0.25) is 0 Å². The maximum absolute atomic E-state index is 10.3. The smallest absolute Gasteiger partial charge is 0.0845 e. The number of aliphatic hydroxyl groups is 1. The second kappa shape index (κ2) is 5.88. The Morgan fingerprint density at radius 1 is 1.32 bits per heavy atom. The third-order valence-electron chi connectivity index (χ3n) is 3.42. The minimum Gasteiger partial charge on any atom is -0.388 e. The highest BCUT2D eigenvalue weighted by atomic mass is 79.9. The zero-order chi connectivity index (χ0) is 14.0. The summed E-state index contributed by atoms with van der Waals surface area (Å²) in [6.07, 6.45) is 1.07. The van der Waals surface area contributed by atoms with Gasteiger partial charge < -0.3 is 5.11 Å². The molecule has 2 aromatic rings. The largest absolute Gasteiger partial charge is 0.388 e. The summed E-state index contributed by atoms with van der Waals surface area (Å²) in [5.74, 6) is 0. The average molecular weight is 323 g/mol. The van der Waals surface area contributed by atoms with E-state index in [4.69, 9.17) is 0 Å². The Balaban J connectivity index is 2.17. The lowest BCUT2D eigenvalue weighted by Crippen LogP contribution is -2.07. The number of halogens is 1. The molecule has 0 aliphatic carbocycles. The van der Waals surface area contributed by atoms with Gasteiger partial charge in [-0.1, -0.05) is 31.2 Å². The number of hydrogen-bond acceptors (Lipinski definition) is 2. The van der Waals surface area contributed by atoms with Gasteiger partial charge in [-0.2, -0.15) is 5.10 Å². The molecule has 0 fully saturated rings. The van der Waals surface area contributed by atoms with Crippen molar-refractivity contribution in [2.75, 3.05) is 0 Å². The van der Waals surface area contributed by atoms with Crippen LogP contribution in [0, 0.1) is 6.92 Å². The third-order valence-corrected chi connectivity index (χ3v) is 4.45. The van der Waals surface area contributed by atoms with E-state index >= 15 is 0 Å². The number of aromatic nitrogens is 2. The molecule has 0 aliphatic rings. The first kappa shape index (κ1) is 14.3. The van der Waals surface area contributed by atoms with Crippen LogP contribution >= 0.6 is 15.9 Å². The van der Waals surface area contributed by atoms with Crippen LogP contribution in [0.15, 0.2) is 28.7 Å². The van der Waals surface area contributed by atoms with Crippen LogP contribution in [-0.4, -0.2) is 14.9 Å². The molecule has 0 radical (unpaired) electrons. The van der Waals surface area contributed by atoms with E-state index in [1.807, 2.05) is 30.8 Å². The van der Waals surface area contributed by atoms with Crippen molar-refractivity contribution in [1.29, 1.82) is 0 Å². The minimum atomic E-state index is -0.503. The Kier molecular flexibility index (Phi) is 4.42. The van der Waals surface area contributed by atoms with Crippen molar-refractivity contribution < 1.29 is 5.11 Å². The van der Waals surface area contributed by atoms with Crippen LogP contribution in [0.2, 0.25) is 0 Å². The SMILES string of the molecule is CCc1ccc(C(O)Cc2c(Br)c(C)nn2C)cc1. The highest BCUT2D eigenvalue weighted by Gasteiger charge is 2.16. The molecule has 1 N–H and O–H groups in total. The number of rotatable bonds is 4. The number of aliphatic hydroxyl groups excluding tert-OH is 1. The monoisotopic (exact) mass is 322 g/mol. The molecule has 0 saturated carbocycles. The first-order chi connectivity index (χ1) is 9.02. The van der Waals surface area contributed by atoms with Crippen LogP contribution in [0.4, 0.5) is 0 Å². The van der Waals surface area contributed by atoms with Crippen LogP contribution < -0.4 is 0 Å². The fourth-order valence-corrected chi connectivity index (χ4v) is 2.68. The molecular formula is C15H19BrN2O. The Labute approximate surface area is 122 Å². The molecule has 0 saturated heterocycles. The summed E-state index contributed by atoms with van der Waals surface area (Å²) in [6.45, 7) is 4.08. The zero-order valence-corrected chi connectivity index (χ0v) is 13.1. The standard InChI is InChI=1S/C15H19BrN2O/c1-4-11-5-7-12(8-6-11)14(19)9-13-15(16)10(2)17-18(13)3/h5-8,14,19H,4,9H2,1-3H3. The summed E-state index contributed by atoms with van der Waals surface area (Å²) in [4.78, 5) is 0. The lowest BCUT2D eigenvalue weighted by Gasteiger charge is -2.12. The second-order valence-corrected chi connectivity index (χ2v) is 5.58. The molecule has 1 aromatic carbocycles. The fourth-order valence-electron chi connectivity index (χ4n) is 2.18. The van der Waals surface area contributed by atoms with E-state index in [9.17, 15) is 5.11 Å². The van der Waals surface area contributed by atoms with Gasteiger partial charge in [-0.3, -0.25) is 4.68 Å². The van der Waals surface area contributed by atoms with Crippen molar-refractivity contribution >= 4 is 15.9 Å². The molecule has 0 spiro atoms. The van der Waals surface area contributed by atoms with E-state index in [1.54, 1.807) is 0 Å². The van der Waals surface area contributed by atoms with Gasteiger partial charge in [0.1, 0.15) is 0 Å². The molecule has 1 heterocycles. The van der Waals surface area contributed by atoms with E-state index in [0.717, 1.165) is 27.8 Å². The van der Waals surface area contributed by atoms with Crippen molar-refractivity contribution in [2.24, 2.45) is 7.05 Å². The summed E-state index contributed by atoms with van der Waals surface area (Å²) in [7, 11) is 1.90. The number of nitrogens with zero attached hydrogens (tertiary/aromatic N) is 2. The maximum Gasteiger partial charge on any atom is 0.0845 e. The van der Waals surface area contributed by atoms with Crippen LogP contribution in [-0.2, 0) is 19.9 Å². The van der Waals surface area contributed by atoms with E-state index in [1.165, 1.54) is 5.56 Å². The highest BCUT2D eigenvalue weighted by Crippen LogP contribution is 2.26. The average Bonchev–Trinajstić information content (AvgIpc) is 2.65. The molecule has 3 nitrogen and oxygen atoms in total. The predicted molar refractivity (Wildman–Crippen MR) is 80.1 cm³/mol. The van der Waals surface area contributed by atoms with Crippen LogP contribution in [0.25, 0.3) is 0 Å². The molecule has 0 aliphatic heterocycles. The molecule has 1 unspecified atom stereocenters. The van der Waals surface area contributed by atoms with Gasteiger partial charge in [0.25, 0.3) is 0 Å². The second-order valence-electron chi connectivity index (χ2n) is 4.78. The molecule has 19 heavy (non-hydrogen) atoms. The van der Waals surface area contributed by atoms with Gasteiger partial charge >= 0.3 is 0 Å². The van der Waals surface area contributed by atoms with Gasteiger partial charge in [-0.15, -0.1) is 0 Å². The van der Waals surface area contributed by atoms with Crippen molar-refractivity contribution in [3.63, 3.8) is 0 Å². The minimum absolute atomic E-state index is 0.503. The third kappa shape index (κ3) is 3.07. The Morgan fingerprint density at radius 3 is 2.42 bits per heavy atom. The summed E-state index contributed by atoms with van der Waals surface area (Å²) in [5, 5.41) is 14.7. The fraction of sp³-hybridized carbons (Fsp3) is 0.400. The molecule has 102 valence electrons. The molecular weight excluding hydrogens is 304 g/mol. The number of hydrogen-bond donors (Lipinski definition) is 1. The molecule has 1 atom stereocenters. The normalized spacial score (nSPS) is 12.7. The Hall–Kier alpha value is -1.13. The topological polar surface area (TPSA) is 38.1 Å². The van der Waals surface area contributed by atoms with E-state index in [2.05, 4.69) is 40.1 Å². The molecule has 2 rings (SSSR count). The maximum atomic E-state index is 10.3. The van der Waals surface area contributed by atoms with E-state index in [0.29, 0.717) is 6.42 Å². The Morgan fingerprint density at radius 2 is 1.95 bits per heavy atom. The van der Waals surface area contributed by atoms with Crippen molar-refractivity contribution in [1.82, 2.24) is 9.78 Å². The summed E-state index contributed by atoms with van der Waals surface area (Å²) >= 11 is 3.53. The molecule has 0 amide bonds. The van der Waals surface area contributed by atoms with Crippen LogP contribution in [0.5, 0.6) is 0 Å². The number of aryl methyl sites for hydroxylation is 3. The van der Waals surface area contributed by atoms with Gasteiger partial charge in [-0.05, 0) is 40.4 Å². The van der Waals surface area contributed by atoms with Gasteiger partial charge in [-0.25, -0.2) is 0 Å². The van der Waals surface area contributed by atoms with E-state index in [-0.39, 0.29) is 0 Å². The van der Waals surface area contributed by atoms with Crippen LogP contribution in [0.3, 0.4) is 0 Å². The van der Waals surface area contributed by atoms with Gasteiger partial charge in [0, 0.05) is 13.5 Å². The van der Waals surface area contributed by atoms with Gasteiger partial charge in [0.05, 0.1) is 22.0 Å². The predicted octanol–water partition coefficient (Wildman–Crippen LogP) is 3.33.